The summed E-state index contributed by atoms with van der Waals surface area (Å²) in [5.74, 6) is -16.0. The number of benzene rings is 2. The van der Waals surface area contributed by atoms with Crippen LogP contribution in [0.25, 0.3) is 10.9 Å². The number of nitrogens with two attached hydrogens (primary N) is 3. The second-order valence-electron chi connectivity index (χ2n) is 27.3. The number of carboxylic acids is 2. The highest BCUT2D eigenvalue weighted by Crippen LogP contribution is 2.23. The molecule has 36 nitrogen and oxygen atoms in total. The maximum absolute atomic E-state index is 14.9. The first-order valence-electron chi connectivity index (χ1n) is 35.3. The monoisotopic (exact) mass is 1490 g/mol. The molecule has 2 aromatic heterocycles. The highest BCUT2D eigenvalue weighted by molar-refractivity contribution is 6.01. The minimum Gasteiger partial charge on any atom is -0.508 e. The average molecular weight is 1490 g/mol. The maximum Gasteiger partial charge on any atom is 0.326 e. The van der Waals surface area contributed by atoms with Crippen molar-refractivity contribution in [1.29, 1.82) is 0 Å². The molecule has 3 heterocycles. The van der Waals surface area contributed by atoms with E-state index in [9.17, 15) is 92.7 Å². The van der Waals surface area contributed by atoms with Gasteiger partial charge >= 0.3 is 11.9 Å². The van der Waals surface area contributed by atoms with Gasteiger partial charge in [-0.05, 0) is 105 Å². The van der Waals surface area contributed by atoms with Gasteiger partial charge in [-0.1, -0.05) is 78.3 Å². The number of nitrogens with one attached hydrogen (secondary N) is 12. The van der Waals surface area contributed by atoms with Gasteiger partial charge in [-0.25, -0.2) is 9.78 Å². The number of para-hydroxylation sites is 1. The predicted molar refractivity (Wildman–Crippen MR) is 382 cm³/mol. The number of hydrogen-bond donors (Lipinski definition) is 20. The Kier molecular flexibility index (Phi) is 33.9. The number of hydrogen-bond acceptors (Lipinski definition) is 20. The first-order valence-corrected chi connectivity index (χ1v) is 35.3. The molecule has 0 aliphatic carbocycles. The van der Waals surface area contributed by atoms with Crippen molar-refractivity contribution in [2.45, 2.75) is 211 Å². The molecule has 1 fully saturated rings. The van der Waals surface area contributed by atoms with E-state index in [0.29, 0.717) is 34.1 Å². The second-order valence-corrected chi connectivity index (χ2v) is 27.3. The molecule has 36 heteroatoms. The highest BCUT2D eigenvalue weighted by Gasteiger charge is 2.43. The second kappa shape index (κ2) is 41.8. The molecular formula is C70H103N17O19. The van der Waals surface area contributed by atoms with Crippen molar-refractivity contribution in [2.24, 2.45) is 35.0 Å². The van der Waals surface area contributed by atoms with E-state index in [1.807, 2.05) is 0 Å². The van der Waals surface area contributed by atoms with E-state index in [4.69, 9.17) is 17.2 Å². The van der Waals surface area contributed by atoms with Crippen LogP contribution in [0.2, 0.25) is 0 Å². The molecule has 2 aromatic carbocycles. The van der Waals surface area contributed by atoms with E-state index < -0.39 is 199 Å². The van der Waals surface area contributed by atoms with Crippen molar-refractivity contribution < 1.29 is 92.7 Å². The molecule has 1 aliphatic heterocycles. The summed E-state index contributed by atoms with van der Waals surface area (Å²) >= 11 is 0. The number of phenols is 1. The molecule has 0 radical (unpaired) electrons. The fourth-order valence-electron chi connectivity index (χ4n) is 11.9. The number of rotatable bonds is 44. The van der Waals surface area contributed by atoms with E-state index in [1.165, 1.54) is 36.8 Å². The van der Waals surface area contributed by atoms with Crippen molar-refractivity contribution in [2.75, 3.05) is 19.7 Å². The van der Waals surface area contributed by atoms with E-state index in [1.54, 1.807) is 72.0 Å². The van der Waals surface area contributed by atoms with Crippen LogP contribution in [0.5, 0.6) is 5.75 Å². The Labute approximate surface area is 612 Å². The molecule has 14 atom stereocenters. The summed E-state index contributed by atoms with van der Waals surface area (Å²) in [7, 11) is 0. The molecule has 0 saturated carbocycles. The number of fused-ring (bicyclic) bond motifs is 1. The minimum absolute atomic E-state index is 0.0194. The van der Waals surface area contributed by atoms with Crippen LogP contribution in [0.4, 0.5) is 0 Å². The standard InChI is InChI=1S/C70H103N17O19/c1-8-37(6)57(70(105)106)85-66(101)48(26-35(2)3)83-68(103)56(36(4)5)84-61(96)47(22-23-54(73)91)78-67(102)53-17-13-25-87(53)69(104)58(38(7)89)86-60(95)46(16-11-12-24-71)77-65(100)52(30-55(92)93)82-63(98)50(28-40-31-75-45-15-10-9-14-43(40)45)80-64(99)51(29-41-32-74-34-76-41)81-62(97)49(79-59(94)44(72)33-88)27-39-18-20-42(90)21-19-39/h9-10,14-15,18-21,31-32,34-38,44,46-53,56-58,75,88-90H,8,11-13,16-17,22-30,33,71-72H2,1-7H3,(H2,73,91)(H,74,76)(H,77,100)(H,78,102)(H,79,94)(H,80,99)(H,81,97)(H,82,98)(H,83,103)(H,84,96)(H,85,101)(H,86,95)(H,92,93)(H,105,106)/t37-,38+,44-,46-,47-,48-,49-,50-,51-,52-,53-,56-,57-,58-/m0/s1. The lowest BCUT2D eigenvalue weighted by Gasteiger charge is -2.32. The van der Waals surface area contributed by atoms with Crippen LogP contribution in [0.3, 0.4) is 0 Å². The molecule has 23 N–H and O–H groups in total. The van der Waals surface area contributed by atoms with Crippen molar-refractivity contribution in [3.8, 4) is 5.75 Å². The van der Waals surface area contributed by atoms with Crippen LogP contribution in [-0.2, 0) is 86.4 Å². The number of H-pyrrole nitrogens is 2. The van der Waals surface area contributed by atoms with E-state index >= 15 is 0 Å². The van der Waals surface area contributed by atoms with Gasteiger partial charge in [0.15, 0.2) is 0 Å². The van der Waals surface area contributed by atoms with Crippen LogP contribution in [0.15, 0.2) is 67.3 Å². The van der Waals surface area contributed by atoms with Gasteiger partial charge in [-0.15, -0.1) is 0 Å². The Hall–Kier alpha value is -10.6. The van der Waals surface area contributed by atoms with Crippen molar-refractivity contribution in [3.05, 3.63) is 84.1 Å². The molecule has 0 unspecified atom stereocenters. The fourth-order valence-corrected chi connectivity index (χ4v) is 11.9. The number of primary amides is 1. The number of carboxylic acid groups (broad SMARTS) is 2. The molecule has 4 aromatic rings. The van der Waals surface area contributed by atoms with Crippen LogP contribution >= 0.6 is 0 Å². The number of imidazole rings is 1. The lowest BCUT2D eigenvalue weighted by molar-refractivity contribution is -0.145. The molecular weight excluding hydrogens is 1380 g/mol. The zero-order valence-electron chi connectivity index (χ0n) is 60.5. The quantitative estimate of drug-likeness (QED) is 0.0195. The number of carbonyl (C=O) groups is 14. The van der Waals surface area contributed by atoms with Gasteiger partial charge < -0.3 is 111 Å². The number of unbranched alkanes of at least 4 members (excludes halogenated alkanes) is 1. The van der Waals surface area contributed by atoms with Gasteiger partial charge in [0.2, 0.25) is 70.9 Å². The van der Waals surface area contributed by atoms with Gasteiger partial charge in [0.1, 0.15) is 78.3 Å². The maximum atomic E-state index is 14.9. The number of nitrogens with zero attached hydrogens (tertiary/aromatic N) is 2. The lowest BCUT2D eigenvalue weighted by Crippen LogP contribution is -2.62. The predicted octanol–water partition coefficient (Wildman–Crippen LogP) is -3.13. The Balaban J connectivity index is 1.39. The number of aromatic hydroxyl groups is 1. The first kappa shape index (κ1) is 86.1. The van der Waals surface area contributed by atoms with Gasteiger partial charge in [0.05, 0.1) is 25.5 Å². The molecule has 5 rings (SSSR count). The summed E-state index contributed by atoms with van der Waals surface area (Å²) < 4.78 is 0. The Morgan fingerprint density at radius 3 is 1.74 bits per heavy atom. The normalized spacial score (nSPS) is 16.5. The van der Waals surface area contributed by atoms with Gasteiger partial charge in [-0.2, -0.15) is 0 Å². The summed E-state index contributed by atoms with van der Waals surface area (Å²) in [4.78, 5) is 205. The summed E-state index contributed by atoms with van der Waals surface area (Å²) in [6.45, 7) is 10.5. The molecule has 1 aliphatic rings. The summed E-state index contributed by atoms with van der Waals surface area (Å²) in [5.41, 5.74) is 18.9. The van der Waals surface area contributed by atoms with Crippen molar-refractivity contribution in [3.63, 3.8) is 0 Å². The Morgan fingerprint density at radius 2 is 1.17 bits per heavy atom. The number of aromatic nitrogens is 3. The molecule has 106 heavy (non-hydrogen) atoms. The summed E-state index contributed by atoms with van der Waals surface area (Å²) in [6.07, 6.45) is 0.523. The number of amides is 12. The van der Waals surface area contributed by atoms with Crippen LogP contribution < -0.4 is 70.4 Å². The van der Waals surface area contributed by atoms with Crippen molar-refractivity contribution in [1.82, 2.24) is 73.0 Å². The average Bonchev–Trinajstić information content (AvgIpc) is 1.02. The number of likely N-dealkylation sites (tertiary alicyclic amines) is 1. The van der Waals surface area contributed by atoms with Crippen LogP contribution in [0.1, 0.15) is 129 Å². The van der Waals surface area contributed by atoms with E-state index in [2.05, 4.69) is 68.1 Å². The van der Waals surface area contributed by atoms with Crippen molar-refractivity contribution >= 4 is 93.7 Å². The molecule has 0 spiro atoms. The number of aliphatic hydroxyl groups is 2. The van der Waals surface area contributed by atoms with Gasteiger partial charge in [-0.3, -0.25) is 62.3 Å². The number of phenolic OH excluding ortho intramolecular Hbond substituents is 1. The zero-order valence-corrected chi connectivity index (χ0v) is 60.5. The zero-order chi connectivity index (χ0) is 78.6. The molecule has 1 saturated heterocycles. The largest absolute Gasteiger partial charge is 0.508 e. The van der Waals surface area contributed by atoms with E-state index in [0.717, 1.165) is 11.8 Å². The van der Waals surface area contributed by atoms with Crippen LogP contribution in [0, 0.1) is 17.8 Å². The third kappa shape index (κ3) is 26.2. The Bertz CT molecular complexity index is 3680. The fraction of sp³-hybridized carbons (Fsp3) is 0.557. The smallest absolute Gasteiger partial charge is 0.326 e. The third-order valence-electron chi connectivity index (χ3n) is 18.0. The lowest BCUT2D eigenvalue weighted by atomic mass is 9.97. The van der Waals surface area contributed by atoms with Gasteiger partial charge in [0.25, 0.3) is 0 Å². The topological polar surface area (TPSA) is 586 Å². The van der Waals surface area contributed by atoms with Gasteiger partial charge in [0, 0.05) is 61.2 Å². The number of aliphatic carboxylic acids is 2. The molecule has 0 bridgehead atoms. The van der Waals surface area contributed by atoms with Crippen LogP contribution in [-0.4, -0.2) is 227 Å². The van der Waals surface area contributed by atoms with E-state index in [-0.39, 0.29) is 82.5 Å². The SMILES string of the molecule is CC[C@H](C)[C@H](NC(=O)[C@H](CC(C)C)NC(=O)[C@@H](NC(=O)[C@H](CCC(N)=O)NC(=O)[C@@H]1CCCN1C(=O)[C@@H](NC(=O)[C@H](CCCCN)NC(=O)[C@H](CC(=O)O)NC(=O)[C@H](Cc1c[nH]c2ccccc12)NC(=O)[C@H](Cc1cnc[nH]1)NC(=O)[C@H](Cc1ccc(O)cc1)NC(=O)[C@@H](N)CO)[C@@H](C)O)C(C)C)C(=O)O. The number of aromatic amines is 2. The highest BCUT2D eigenvalue weighted by atomic mass is 16.4. The minimum atomic E-state index is -2.01. The number of carbonyl (C=O) groups excluding carboxylic acids is 12. The summed E-state index contributed by atoms with van der Waals surface area (Å²) in [6, 6.07) is -6.00. The first-order chi connectivity index (χ1) is 50.2. The molecule has 12 amide bonds. The third-order valence-corrected chi connectivity index (χ3v) is 18.0. The summed E-state index contributed by atoms with van der Waals surface area (Å²) in [5, 5.41) is 76.8. The molecule has 582 valence electrons. The number of aliphatic hydroxyl groups excluding tert-OH is 2. The Morgan fingerprint density at radius 1 is 0.623 bits per heavy atom.